The molecule has 0 atom stereocenters. The van der Waals surface area contributed by atoms with E-state index in [2.05, 4.69) is 20.7 Å². The molecule has 5 nitrogen and oxygen atoms in total. The fourth-order valence-electron chi connectivity index (χ4n) is 1.63. The molecule has 0 bridgehead atoms. The fourth-order valence-corrected chi connectivity index (χ4v) is 2.17. The first-order valence-electron chi connectivity index (χ1n) is 6.31. The van der Waals surface area contributed by atoms with Crippen molar-refractivity contribution in [2.75, 3.05) is 19.5 Å². The van der Waals surface area contributed by atoms with E-state index in [-0.39, 0.29) is 6.61 Å². The van der Waals surface area contributed by atoms with Crippen molar-refractivity contribution < 1.29 is 19.0 Å². The molecule has 0 saturated heterocycles. The number of nitrogen functional groups attached to an aromatic ring is 1. The Morgan fingerprint density at radius 1 is 1.23 bits per heavy atom. The summed E-state index contributed by atoms with van der Waals surface area (Å²) in [6, 6.07) is 10.2. The van der Waals surface area contributed by atoms with Crippen molar-refractivity contribution in [1.29, 1.82) is 0 Å². The first-order valence-corrected chi connectivity index (χ1v) is 7.11. The minimum atomic E-state index is -0.475. The van der Waals surface area contributed by atoms with E-state index in [0.717, 1.165) is 0 Å². The molecule has 0 aliphatic rings. The van der Waals surface area contributed by atoms with Gasteiger partial charge in [0.25, 0.3) is 0 Å². The van der Waals surface area contributed by atoms with Gasteiger partial charge in [-0.15, -0.1) is 0 Å². The Labute approximate surface area is 137 Å². The number of anilines is 1. The zero-order valence-electron chi connectivity index (χ0n) is 11.8. The molecular formula is C15H13BBrNO4. The van der Waals surface area contributed by atoms with E-state index < -0.39 is 5.97 Å². The highest BCUT2D eigenvalue weighted by molar-refractivity contribution is 9.10. The molecule has 0 saturated carbocycles. The number of carbonyl (C=O) groups excluding carboxylic acids is 1. The summed E-state index contributed by atoms with van der Waals surface area (Å²) in [7, 11) is 7.25. The lowest BCUT2D eigenvalue weighted by atomic mass is 9.95. The van der Waals surface area contributed by atoms with Crippen molar-refractivity contribution >= 4 is 40.9 Å². The molecule has 2 radical (unpaired) electrons. The van der Waals surface area contributed by atoms with Crippen LogP contribution in [-0.2, 0) is 9.53 Å². The maximum Gasteiger partial charge on any atom is 0.343 e. The molecule has 2 aromatic rings. The largest absolute Gasteiger partial charge is 0.482 e. The molecular weight excluding hydrogens is 349 g/mol. The van der Waals surface area contributed by atoms with Gasteiger partial charge in [-0.3, -0.25) is 0 Å². The van der Waals surface area contributed by atoms with E-state index in [1.54, 1.807) is 36.4 Å². The minimum absolute atomic E-state index is 0.194. The van der Waals surface area contributed by atoms with Crippen LogP contribution in [-0.4, -0.2) is 27.5 Å². The molecule has 2 rings (SSSR count). The monoisotopic (exact) mass is 361 g/mol. The van der Waals surface area contributed by atoms with E-state index in [9.17, 15) is 4.79 Å². The molecule has 0 heterocycles. The van der Waals surface area contributed by atoms with Crippen LogP contribution in [0.5, 0.6) is 17.2 Å². The third-order valence-electron chi connectivity index (χ3n) is 2.73. The van der Waals surface area contributed by atoms with Gasteiger partial charge in [0.15, 0.2) is 6.61 Å². The molecule has 0 aliphatic carbocycles. The van der Waals surface area contributed by atoms with Crippen LogP contribution in [0.2, 0.25) is 0 Å². The van der Waals surface area contributed by atoms with Gasteiger partial charge >= 0.3 is 5.97 Å². The number of nitrogens with two attached hydrogens (primary N) is 1. The van der Waals surface area contributed by atoms with E-state index >= 15 is 0 Å². The van der Waals surface area contributed by atoms with Gasteiger partial charge in [-0.2, -0.15) is 0 Å². The lowest BCUT2D eigenvalue weighted by Crippen LogP contribution is -2.14. The first kappa shape index (κ1) is 16.2. The van der Waals surface area contributed by atoms with Crippen LogP contribution in [0.1, 0.15) is 0 Å². The summed E-state index contributed by atoms with van der Waals surface area (Å²) in [5.74, 6) is 1.01. The second-order valence-electron chi connectivity index (χ2n) is 4.36. The molecule has 0 fully saturated rings. The number of halogens is 1. The number of benzene rings is 2. The van der Waals surface area contributed by atoms with Crippen molar-refractivity contribution in [2.24, 2.45) is 0 Å². The molecule has 0 aromatic heterocycles. The summed E-state index contributed by atoms with van der Waals surface area (Å²) in [6.45, 7) is -0.194. The van der Waals surface area contributed by atoms with Crippen LogP contribution in [0, 0.1) is 0 Å². The number of carbonyl (C=O) groups is 1. The maximum atomic E-state index is 11.1. The first-order chi connectivity index (χ1) is 10.5. The standard InChI is InChI=1S/C15H13BBrNO4/c1-20-14(19)8-21-11-6-12(16)15(13(17)7-11)22-10-4-2-9(18)3-5-10/h2-7H,8,18H2,1H3. The van der Waals surface area contributed by atoms with Gasteiger partial charge in [-0.05, 0) is 52.3 Å². The SMILES string of the molecule is [B]c1cc(OCC(=O)OC)cc(Br)c1Oc1ccc(N)cc1. The Bertz CT molecular complexity index is 653. The third-order valence-corrected chi connectivity index (χ3v) is 3.32. The number of methoxy groups -OCH3 is 1. The van der Waals surface area contributed by atoms with Gasteiger partial charge in [-0.25, -0.2) is 4.79 Å². The Hall–Kier alpha value is -2.15. The Morgan fingerprint density at radius 2 is 1.91 bits per heavy atom. The number of esters is 1. The van der Waals surface area contributed by atoms with Gasteiger partial charge in [-0.1, -0.05) is 5.46 Å². The predicted octanol–water partition coefficient (Wildman–Crippen LogP) is 2.17. The lowest BCUT2D eigenvalue weighted by molar-refractivity contribution is -0.142. The Balaban J connectivity index is 2.16. The Morgan fingerprint density at radius 3 is 2.50 bits per heavy atom. The van der Waals surface area contributed by atoms with Gasteiger partial charge in [0.2, 0.25) is 0 Å². The maximum absolute atomic E-state index is 11.1. The molecule has 7 heteroatoms. The van der Waals surface area contributed by atoms with E-state index in [0.29, 0.717) is 32.9 Å². The van der Waals surface area contributed by atoms with E-state index in [1.807, 2.05) is 0 Å². The molecule has 2 N–H and O–H groups in total. The number of hydrogen-bond acceptors (Lipinski definition) is 5. The van der Waals surface area contributed by atoms with Crippen molar-refractivity contribution in [3.8, 4) is 17.2 Å². The van der Waals surface area contributed by atoms with Crippen molar-refractivity contribution in [1.82, 2.24) is 0 Å². The topological polar surface area (TPSA) is 70.8 Å². The van der Waals surface area contributed by atoms with Gasteiger partial charge < -0.3 is 19.9 Å². The second kappa shape index (κ2) is 7.22. The summed E-state index contributed by atoms with van der Waals surface area (Å²) < 4.78 is 16.1. The predicted molar refractivity (Wildman–Crippen MR) is 88.0 cm³/mol. The van der Waals surface area contributed by atoms with Gasteiger partial charge in [0, 0.05) is 5.69 Å². The number of ether oxygens (including phenoxy) is 3. The van der Waals surface area contributed by atoms with Crippen molar-refractivity contribution in [3.63, 3.8) is 0 Å². The molecule has 0 unspecified atom stereocenters. The Kier molecular flexibility index (Phi) is 5.33. The van der Waals surface area contributed by atoms with Crippen molar-refractivity contribution in [2.45, 2.75) is 0 Å². The normalized spacial score (nSPS) is 10.1. The highest BCUT2D eigenvalue weighted by atomic mass is 79.9. The molecule has 0 aliphatic heterocycles. The zero-order chi connectivity index (χ0) is 16.1. The van der Waals surface area contributed by atoms with Gasteiger partial charge in [0.1, 0.15) is 25.1 Å². The quantitative estimate of drug-likeness (QED) is 0.502. The molecule has 0 amide bonds. The van der Waals surface area contributed by atoms with Crippen LogP contribution in [0.25, 0.3) is 0 Å². The number of rotatable bonds is 5. The zero-order valence-corrected chi connectivity index (χ0v) is 13.4. The summed E-state index contributed by atoms with van der Waals surface area (Å²) in [5, 5.41) is 0. The highest BCUT2D eigenvalue weighted by Gasteiger charge is 2.10. The molecule has 112 valence electrons. The van der Waals surface area contributed by atoms with Crippen molar-refractivity contribution in [3.05, 3.63) is 40.9 Å². The smallest absolute Gasteiger partial charge is 0.343 e. The molecule has 0 spiro atoms. The number of hydrogen-bond donors (Lipinski definition) is 1. The van der Waals surface area contributed by atoms with Crippen LogP contribution in [0.15, 0.2) is 40.9 Å². The molecule has 22 heavy (non-hydrogen) atoms. The molecule has 2 aromatic carbocycles. The third kappa shape index (κ3) is 4.18. The second-order valence-corrected chi connectivity index (χ2v) is 5.21. The summed E-state index contributed by atoms with van der Waals surface area (Å²) in [6.07, 6.45) is 0. The van der Waals surface area contributed by atoms with Crippen LogP contribution >= 0.6 is 15.9 Å². The average molecular weight is 362 g/mol. The summed E-state index contributed by atoms with van der Waals surface area (Å²) in [5.41, 5.74) is 6.64. The van der Waals surface area contributed by atoms with Crippen LogP contribution in [0.4, 0.5) is 5.69 Å². The van der Waals surface area contributed by atoms with Crippen LogP contribution in [0.3, 0.4) is 0 Å². The lowest BCUT2D eigenvalue weighted by Gasteiger charge is -2.14. The highest BCUT2D eigenvalue weighted by Crippen LogP contribution is 2.31. The fraction of sp³-hybridized carbons (Fsp3) is 0.133. The van der Waals surface area contributed by atoms with E-state index in [4.69, 9.17) is 23.1 Å². The van der Waals surface area contributed by atoms with Crippen LogP contribution < -0.4 is 20.7 Å². The van der Waals surface area contributed by atoms with E-state index in [1.165, 1.54) is 7.11 Å². The average Bonchev–Trinajstić information content (AvgIpc) is 2.50. The summed E-state index contributed by atoms with van der Waals surface area (Å²) in [4.78, 5) is 11.1. The van der Waals surface area contributed by atoms with Gasteiger partial charge in [0.05, 0.1) is 11.6 Å². The minimum Gasteiger partial charge on any atom is -0.482 e. The summed E-state index contributed by atoms with van der Waals surface area (Å²) >= 11 is 3.37.